The van der Waals surface area contributed by atoms with Gasteiger partial charge in [0.05, 0.1) is 10.0 Å². The highest BCUT2D eigenvalue weighted by Gasteiger charge is 2.11. The molecule has 0 saturated heterocycles. The Hall–Kier alpha value is -2.74. The number of hydrogen-bond acceptors (Lipinski definition) is 3. The molecule has 0 saturated carbocycles. The van der Waals surface area contributed by atoms with Crippen molar-refractivity contribution < 1.29 is 9.53 Å². The number of carbonyl (C=O) groups excluding carboxylic acids is 1. The summed E-state index contributed by atoms with van der Waals surface area (Å²) in [4.78, 5) is 12.1. The first-order valence-electron chi connectivity index (χ1n) is 9.07. The van der Waals surface area contributed by atoms with Gasteiger partial charge in [0.2, 0.25) is 0 Å². The highest BCUT2D eigenvalue weighted by Crippen LogP contribution is 2.26. The van der Waals surface area contributed by atoms with Gasteiger partial charge >= 0.3 is 0 Å². The van der Waals surface area contributed by atoms with E-state index in [0.29, 0.717) is 28.8 Å². The van der Waals surface area contributed by atoms with Gasteiger partial charge in [0, 0.05) is 6.04 Å². The molecular formula is C23H22Cl2N2O2. The van der Waals surface area contributed by atoms with Gasteiger partial charge in [-0.15, -0.1) is 6.58 Å². The number of allylic oxidation sites excluding steroid dienone is 1. The van der Waals surface area contributed by atoms with E-state index in [-0.39, 0.29) is 11.6 Å². The van der Waals surface area contributed by atoms with Crippen molar-refractivity contribution in [2.75, 3.05) is 0 Å². The molecule has 0 aliphatic rings. The van der Waals surface area contributed by atoms with Crippen LogP contribution in [0.1, 0.15) is 30.5 Å². The minimum Gasteiger partial charge on any atom is -0.489 e. The zero-order valence-corrected chi connectivity index (χ0v) is 17.8. The van der Waals surface area contributed by atoms with Gasteiger partial charge in [-0.2, -0.15) is 5.26 Å². The first-order chi connectivity index (χ1) is 13.8. The van der Waals surface area contributed by atoms with Gasteiger partial charge < -0.3 is 10.1 Å². The minimum absolute atomic E-state index is 0.0484. The second-order valence-electron chi connectivity index (χ2n) is 6.70. The standard InChI is InChI=1S/C23H22Cl2N2O2/c1-4-5-18-10-16(11-19(13-26)23(28)27-15(2)3)7-9-22(18)29-14-17-6-8-20(24)21(25)12-17/h4,6-12,15H,1,5,14H2,2-3H3,(H,27,28)/b19-11-. The molecule has 2 rings (SSSR count). The van der Waals surface area contributed by atoms with Crippen LogP contribution in [-0.2, 0) is 17.8 Å². The maximum Gasteiger partial charge on any atom is 0.262 e. The molecule has 0 fully saturated rings. The third kappa shape index (κ3) is 6.67. The average molecular weight is 429 g/mol. The third-order valence-corrected chi connectivity index (χ3v) is 4.66. The van der Waals surface area contributed by atoms with E-state index >= 15 is 0 Å². The Morgan fingerprint density at radius 3 is 2.62 bits per heavy atom. The fourth-order valence-electron chi connectivity index (χ4n) is 2.59. The normalized spacial score (nSPS) is 11.1. The Balaban J connectivity index is 2.24. The van der Waals surface area contributed by atoms with Crippen LogP contribution in [0.4, 0.5) is 0 Å². The van der Waals surface area contributed by atoms with E-state index in [1.807, 2.05) is 38.1 Å². The van der Waals surface area contributed by atoms with E-state index in [2.05, 4.69) is 11.9 Å². The summed E-state index contributed by atoms with van der Waals surface area (Å²) in [5.41, 5.74) is 2.58. The smallest absolute Gasteiger partial charge is 0.262 e. The number of rotatable bonds is 8. The lowest BCUT2D eigenvalue weighted by molar-refractivity contribution is -0.117. The summed E-state index contributed by atoms with van der Waals surface area (Å²) in [6.45, 7) is 7.80. The molecule has 0 spiro atoms. The molecule has 1 amide bonds. The van der Waals surface area contributed by atoms with Crippen LogP contribution >= 0.6 is 23.2 Å². The average Bonchev–Trinajstić information content (AvgIpc) is 2.67. The molecule has 1 N–H and O–H groups in total. The summed E-state index contributed by atoms with van der Waals surface area (Å²) in [6, 6.07) is 12.8. The number of nitriles is 1. The van der Waals surface area contributed by atoms with E-state index in [0.717, 1.165) is 16.7 Å². The van der Waals surface area contributed by atoms with E-state index < -0.39 is 5.91 Å². The van der Waals surface area contributed by atoms with Crippen LogP contribution in [-0.4, -0.2) is 11.9 Å². The lowest BCUT2D eigenvalue weighted by Gasteiger charge is -2.12. The second kappa shape index (κ2) is 10.7. The van der Waals surface area contributed by atoms with Gasteiger partial charge in [0.15, 0.2) is 0 Å². The molecule has 0 aliphatic carbocycles. The number of nitrogens with one attached hydrogen (secondary N) is 1. The van der Waals surface area contributed by atoms with Crippen molar-refractivity contribution in [3.63, 3.8) is 0 Å². The monoisotopic (exact) mass is 428 g/mol. The highest BCUT2D eigenvalue weighted by atomic mass is 35.5. The largest absolute Gasteiger partial charge is 0.489 e. The Morgan fingerprint density at radius 1 is 1.24 bits per heavy atom. The molecule has 2 aromatic rings. The summed E-state index contributed by atoms with van der Waals surface area (Å²) in [5, 5.41) is 13.0. The summed E-state index contributed by atoms with van der Waals surface area (Å²) < 4.78 is 5.94. The fourth-order valence-corrected chi connectivity index (χ4v) is 2.91. The lowest BCUT2D eigenvalue weighted by atomic mass is 10.0. The van der Waals surface area contributed by atoms with Gasteiger partial charge in [-0.1, -0.05) is 41.4 Å². The Bertz CT molecular complexity index is 975. The van der Waals surface area contributed by atoms with Crippen LogP contribution in [0, 0.1) is 11.3 Å². The lowest BCUT2D eigenvalue weighted by Crippen LogP contribution is -2.30. The molecule has 29 heavy (non-hydrogen) atoms. The minimum atomic E-state index is -0.396. The first kappa shape index (κ1) is 22.5. The second-order valence-corrected chi connectivity index (χ2v) is 7.51. The van der Waals surface area contributed by atoms with Crippen LogP contribution < -0.4 is 10.1 Å². The van der Waals surface area contributed by atoms with Crippen molar-refractivity contribution in [3.8, 4) is 11.8 Å². The molecule has 150 valence electrons. The van der Waals surface area contributed by atoms with Gasteiger partial charge in [-0.3, -0.25) is 4.79 Å². The van der Waals surface area contributed by atoms with Crippen LogP contribution in [0.2, 0.25) is 10.0 Å². The SMILES string of the molecule is C=CCc1cc(/C=C(/C#N)C(=O)NC(C)C)ccc1OCc1ccc(Cl)c(Cl)c1. The molecule has 0 aliphatic heterocycles. The number of hydrogen-bond donors (Lipinski definition) is 1. The van der Waals surface area contributed by atoms with E-state index in [1.165, 1.54) is 0 Å². The zero-order chi connectivity index (χ0) is 21.4. The molecule has 0 aromatic heterocycles. The van der Waals surface area contributed by atoms with Crippen molar-refractivity contribution in [1.82, 2.24) is 5.32 Å². The van der Waals surface area contributed by atoms with Crippen molar-refractivity contribution in [2.24, 2.45) is 0 Å². The van der Waals surface area contributed by atoms with E-state index in [4.69, 9.17) is 27.9 Å². The Kier molecular flexibility index (Phi) is 8.33. The third-order valence-electron chi connectivity index (χ3n) is 3.92. The number of carbonyl (C=O) groups is 1. The maximum absolute atomic E-state index is 12.1. The molecule has 2 aromatic carbocycles. The zero-order valence-electron chi connectivity index (χ0n) is 16.3. The molecule has 6 heteroatoms. The Morgan fingerprint density at radius 2 is 2.00 bits per heavy atom. The maximum atomic E-state index is 12.1. The summed E-state index contributed by atoms with van der Waals surface area (Å²) in [5.74, 6) is 0.297. The number of ether oxygens (including phenoxy) is 1. The summed E-state index contributed by atoms with van der Waals surface area (Å²) >= 11 is 12.0. The number of halogens is 2. The number of amides is 1. The van der Waals surface area contributed by atoms with E-state index in [1.54, 1.807) is 30.4 Å². The predicted molar refractivity (Wildman–Crippen MR) is 118 cm³/mol. The van der Waals surface area contributed by atoms with Gasteiger partial charge in [0.25, 0.3) is 5.91 Å². The van der Waals surface area contributed by atoms with Gasteiger partial charge in [-0.25, -0.2) is 0 Å². The molecule has 0 unspecified atom stereocenters. The molecule has 4 nitrogen and oxygen atoms in total. The van der Waals surface area contributed by atoms with Crippen LogP contribution in [0.25, 0.3) is 6.08 Å². The fraction of sp³-hybridized carbons (Fsp3) is 0.217. The summed E-state index contributed by atoms with van der Waals surface area (Å²) in [7, 11) is 0. The van der Waals surface area contributed by atoms with Gasteiger partial charge in [0.1, 0.15) is 24.0 Å². The highest BCUT2D eigenvalue weighted by molar-refractivity contribution is 6.42. The van der Waals surface area contributed by atoms with Crippen molar-refractivity contribution in [3.05, 3.63) is 81.4 Å². The van der Waals surface area contributed by atoms with Gasteiger partial charge in [-0.05, 0) is 67.3 Å². The quantitative estimate of drug-likeness (QED) is 0.331. The molecule has 0 radical (unpaired) electrons. The Labute approximate surface area is 181 Å². The molecule has 0 heterocycles. The van der Waals surface area contributed by atoms with Crippen LogP contribution in [0.15, 0.2) is 54.6 Å². The first-order valence-corrected chi connectivity index (χ1v) is 9.82. The van der Waals surface area contributed by atoms with Crippen LogP contribution in [0.5, 0.6) is 5.75 Å². The topological polar surface area (TPSA) is 62.1 Å². The summed E-state index contributed by atoms with van der Waals surface area (Å²) in [6.07, 6.45) is 3.91. The molecular weight excluding hydrogens is 407 g/mol. The molecule has 0 atom stereocenters. The van der Waals surface area contributed by atoms with Crippen LogP contribution in [0.3, 0.4) is 0 Å². The number of nitrogens with zero attached hydrogens (tertiary/aromatic N) is 1. The van der Waals surface area contributed by atoms with Crippen molar-refractivity contribution >= 4 is 35.2 Å². The molecule has 0 bridgehead atoms. The predicted octanol–water partition coefficient (Wildman–Crippen LogP) is 5.73. The number of benzene rings is 2. The van der Waals surface area contributed by atoms with E-state index in [9.17, 15) is 10.1 Å². The van der Waals surface area contributed by atoms with Crippen molar-refractivity contribution in [2.45, 2.75) is 32.9 Å². The van der Waals surface area contributed by atoms with Crippen molar-refractivity contribution in [1.29, 1.82) is 5.26 Å².